The smallest absolute Gasteiger partial charge is 0.416 e. The fraction of sp³-hybridized carbons (Fsp3) is 0.200. The molecule has 28 heavy (non-hydrogen) atoms. The average molecular weight is 406 g/mol. The molecule has 0 spiro atoms. The number of carbonyl (C=O) groups is 1. The summed E-state index contributed by atoms with van der Waals surface area (Å²) in [4.78, 5) is 18.1. The summed E-state index contributed by atoms with van der Waals surface area (Å²) in [6.45, 7) is 2.06. The van der Waals surface area contributed by atoms with E-state index < -0.39 is 11.7 Å². The molecule has 0 aliphatic heterocycles. The first-order chi connectivity index (χ1) is 13.3. The first kappa shape index (κ1) is 19.9. The van der Waals surface area contributed by atoms with Gasteiger partial charge in [-0.25, -0.2) is 9.78 Å². The molecule has 0 unspecified atom stereocenters. The van der Waals surface area contributed by atoms with Crippen LogP contribution in [0.2, 0.25) is 0 Å². The van der Waals surface area contributed by atoms with Gasteiger partial charge in [-0.1, -0.05) is 12.1 Å². The van der Waals surface area contributed by atoms with Gasteiger partial charge in [-0.05, 0) is 43.3 Å². The summed E-state index contributed by atoms with van der Waals surface area (Å²) in [5.41, 5.74) is 1.21. The summed E-state index contributed by atoms with van der Waals surface area (Å²) < 4.78 is 43.0. The number of aromatic nitrogens is 1. The normalized spacial score (nSPS) is 11.3. The van der Waals surface area contributed by atoms with Crippen molar-refractivity contribution in [2.24, 2.45) is 0 Å². The highest BCUT2D eigenvalue weighted by Crippen LogP contribution is 2.34. The van der Waals surface area contributed by atoms with Gasteiger partial charge in [0, 0.05) is 23.7 Å². The van der Waals surface area contributed by atoms with Gasteiger partial charge in [-0.2, -0.15) is 13.2 Å². The van der Waals surface area contributed by atoms with E-state index in [1.807, 2.05) is 17.3 Å². The van der Waals surface area contributed by atoms with Crippen molar-refractivity contribution >= 4 is 28.8 Å². The van der Waals surface area contributed by atoms with Crippen molar-refractivity contribution in [3.05, 3.63) is 65.0 Å². The van der Waals surface area contributed by atoms with E-state index in [-0.39, 0.29) is 5.97 Å². The Hall–Kier alpha value is -2.87. The monoisotopic (exact) mass is 406 g/mol. The van der Waals surface area contributed by atoms with Crippen LogP contribution in [0.25, 0.3) is 10.6 Å². The number of hydrogen-bond acceptors (Lipinski definition) is 5. The number of thiazole rings is 1. The molecule has 0 saturated carbocycles. The molecule has 146 valence electrons. The van der Waals surface area contributed by atoms with E-state index in [0.717, 1.165) is 17.8 Å². The minimum absolute atomic E-state index is 0.312. The SMILES string of the molecule is CCOC(=O)c1ccc(N(C)c2csc(-c3ccc(C(F)(F)F)cc3)n2)cc1. The molecule has 1 heterocycles. The Kier molecular flexibility index (Phi) is 5.69. The number of anilines is 2. The van der Waals surface area contributed by atoms with E-state index >= 15 is 0 Å². The highest BCUT2D eigenvalue weighted by atomic mass is 32.1. The molecule has 0 aliphatic carbocycles. The van der Waals surface area contributed by atoms with Gasteiger partial charge in [0.05, 0.1) is 17.7 Å². The molecule has 2 aromatic carbocycles. The van der Waals surface area contributed by atoms with Crippen LogP contribution in [0.1, 0.15) is 22.8 Å². The Labute approximate surface area is 164 Å². The number of alkyl halides is 3. The first-order valence-electron chi connectivity index (χ1n) is 8.43. The fourth-order valence-corrected chi connectivity index (χ4v) is 3.37. The van der Waals surface area contributed by atoms with Crippen LogP contribution in [0.15, 0.2) is 53.9 Å². The van der Waals surface area contributed by atoms with Gasteiger partial charge in [0.15, 0.2) is 0 Å². The largest absolute Gasteiger partial charge is 0.462 e. The van der Waals surface area contributed by atoms with Crippen LogP contribution in [0.3, 0.4) is 0 Å². The molecule has 0 N–H and O–H groups in total. The van der Waals surface area contributed by atoms with Gasteiger partial charge in [0.25, 0.3) is 0 Å². The summed E-state index contributed by atoms with van der Waals surface area (Å²) in [6, 6.07) is 11.8. The van der Waals surface area contributed by atoms with Crippen LogP contribution in [-0.2, 0) is 10.9 Å². The molecule has 0 atom stereocenters. The number of ether oxygens (including phenoxy) is 1. The van der Waals surface area contributed by atoms with Gasteiger partial charge < -0.3 is 9.64 Å². The third kappa shape index (κ3) is 4.33. The van der Waals surface area contributed by atoms with Crippen molar-refractivity contribution in [2.75, 3.05) is 18.6 Å². The minimum Gasteiger partial charge on any atom is -0.462 e. The second-order valence-corrected chi connectivity index (χ2v) is 6.77. The third-order valence-electron chi connectivity index (χ3n) is 4.06. The van der Waals surface area contributed by atoms with Crippen LogP contribution >= 0.6 is 11.3 Å². The Morgan fingerprint density at radius 3 is 2.32 bits per heavy atom. The van der Waals surface area contributed by atoms with Crippen molar-refractivity contribution in [1.82, 2.24) is 4.98 Å². The highest BCUT2D eigenvalue weighted by Gasteiger charge is 2.30. The average Bonchev–Trinajstić information content (AvgIpc) is 3.17. The Balaban J connectivity index is 1.77. The second kappa shape index (κ2) is 8.02. The Morgan fingerprint density at radius 2 is 1.75 bits per heavy atom. The van der Waals surface area contributed by atoms with Crippen molar-refractivity contribution in [1.29, 1.82) is 0 Å². The van der Waals surface area contributed by atoms with E-state index in [2.05, 4.69) is 4.98 Å². The van der Waals surface area contributed by atoms with Gasteiger partial charge in [0.1, 0.15) is 10.8 Å². The summed E-state index contributed by atoms with van der Waals surface area (Å²) in [6.07, 6.45) is -4.36. The molecule has 0 amide bonds. The van der Waals surface area contributed by atoms with Crippen molar-refractivity contribution < 1.29 is 22.7 Å². The maximum Gasteiger partial charge on any atom is 0.416 e. The number of benzene rings is 2. The number of rotatable bonds is 5. The van der Waals surface area contributed by atoms with Crippen LogP contribution in [0, 0.1) is 0 Å². The maximum atomic E-state index is 12.7. The number of halogens is 3. The lowest BCUT2D eigenvalue weighted by molar-refractivity contribution is -0.137. The van der Waals surface area contributed by atoms with E-state index in [4.69, 9.17) is 4.74 Å². The predicted molar refractivity (Wildman–Crippen MR) is 103 cm³/mol. The molecule has 0 fully saturated rings. The Morgan fingerprint density at radius 1 is 1.11 bits per heavy atom. The molecule has 3 aromatic rings. The molecule has 0 saturated heterocycles. The Bertz CT molecular complexity index is 951. The lowest BCUT2D eigenvalue weighted by Crippen LogP contribution is -2.10. The lowest BCUT2D eigenvalue weighted by Gasteiger charge is -2.16. The van der Waals surface area contributed by atoms with E-state index in [9.17, 15) is 18.0 Å². The van der Waals surface area contributed by atoms with Crippen LogP contribution < -0.4 is 4.90 Å². The fourth-order valence-electron chi connectivity index (χ4n) is 2.52. The van der Waals surface area contributed by atoms with E-state index in [0.29, 0.717) is 28.6 Å². The topological polar surface area (TPSA) is 42.4 Å². The molecule has 0 aliphatic rings. The van der Waals surface area contributed by atoms with Crippen LogP contribution in [0.5, 0.6) is 0 Å². The standard InChI is InChI=1S/C20H17F3N2O2S/c1-3-27-19(26)14-6-10-16(11-7-14)25(2)17-12-28-18(24-17)13-4-8-15(9-5-13)20(21,22)23/h4-12H,3H2,1-2H3. The number of hydrogen-bond donors (Lipinski definition) is 0. The maximum absolute atomic E-state index is 12.7. The molecule has 3 rings (SSSR count). The summed E-state index contributed by atoms with van der Waals surface area (Å²) in [5.74, 6) is 0.277. The molecule has 1 aromatic heterocycles. The number of esters is 1. The first-order valence-corrected chi connectivity index (χ1v) is 9.31. The molecule has 8 heteroatoms. The summed E-state index contributed by atoms with van der Waals surface area (Å²) >= 11 is 1.35. The van der Waals surface area contributed by atoms with E-state index in [1.165, 1.54) is 23.5 Å². The summed E-state index contributed by atoms with van der Waals surface area (Å²) in [5, 5.41) is 2.45. The summed E-state index contributed by atoms with van der Waals surface area (Å²) in [7, 11) is 1.82. The number of carbonyl (C=O) groups excluding carboxylic acids is 1. The zero-order valence-electron chi connectivity index (χ0n) is 15.2. The van der Waals surface area contributed by atoms with Crippen molar-refractivity contribution in [3.63, 3.8) is 0 Å². The van der Waals surface area contributed by atoms with E-state index in [1.54, 1.807) is 31.2 Å². The molecule has 0 bridgehead atoms. The van der Waals surface area contributed by atoms with Gasteiger partial charge in [0.2, 0.25) is 0 Å². The molecular weight excluding hydrogens is 389 g/mol. The van der Waals surface area contributed by atoms with Crippen molar-refractivity contribution in [3.8, 4) is 10.6 Å². The quantitative estimate of drug-likeness (QED) is 0.504. The van der Waals surface area contributed by atoms with Gasteiger partial charge in [-0.15, -0.1) is 11.3 Å². The lowest BCUT2D eigenvalue weighted by atomic mass is 10.1. The zero-order chi connectivity index (χ0) is 20.3. The second-order valence-electron chi connectivity index (χ2n) is 5.91. The van der Waals surface area contributed by atoms with Gasteiger partial charge in [-0.3, -0.25) is 0 Å². The predicted octanol–water partition coefficient (Wildman–Crippen LogP) is 5.77. The van der Waals surface area contributed by atoms with Crippen LogP contribution in [0.4, 0.5) is 24.7 Å². The van der Waals surface area contributed by atoms with Gasteiger partial charge >= 0.3 is 12.1 Å². The minimum atomic E-state index is -4.36. The third-order valence-corrected chi connectivity index (χ3v) is 4.94. The number of nitrogens with zero attached hydrogens (tertiary/aromatic N) is 2. The van der Waals surface area contributed by atoms with Crippen molar-refractivity contribution in [2.45, 2.75) is 13.1 Å². The highest BCUT2D eigenvalue weighted by molar-refractivity contribution is 7.13. The molecule has 0 radical (unpaired) electrons. The zero-order valence-corrected chi connectivity index (χ0v) is 16.0. The van der Waals surface area contributed by atoms with Crippen LogP contribution in [-0.4, -0.2) is 24.6 Å². The molecule has 4 nitrogen and oxygen atoms in total. The molecular formula is C20H17F3N2O2S.